The van der Waals surface area contributed by atoms with Crippen molar-refractivity contribution in [3.05, 3.63) is 69.0 Å². The average molecular weight is 433 g/mol. The van der Waals surface area contributed by atoms with Crippen LogP contribution in [0.1, 0.15) is 18.0 Å². The van der Waals surface area contributed by atoms with Gasteiger partial charge in [-0.25, -0.2) is 14.4 Å². The molecule has 1 aliphatic carbocycles. The summed E-state index contributed by atoms with van der Waals surface area (Å²) in [6, 6.07) is 7.73. The van der Waals surface area contributed by atoms with Gasteiger partial charge in [0.25, 0.3) is 5.56 Å². The van der Waals surface area contributed by atoms with Crippen molar-refractivity contribution in [1.82, 2.24) is 14.9 Å². The molecule has 0 unspecified atom stereocenters. The van der Waals surface area contributed by atoms with Crippen LogP contribution in [0.25, 0.3) is 0 Å². The van der Waals surface area contributed by atoms with Crippen LogP contribution in [0.2, 0.25) is 0 Å². The van der Waals surface area contributed by atoms with Crippen molar-refractivity contribution in [3.8, 4) is 0 Å². The smallest absolute Gasteiger partial charge is 0.408 e. The molecule has 1 aromatic heterocycles. The second-order valence-corrected chi connectivity index (χ2v) is 7.17. The Kier molecular flexibility index (Phi) is 6.88. The highest BCUT2D eigenvalue weighted by molar-refractivity contribution is 5.81. The number of benzene rings is 1. The van der Waals surface area contributed by atoms with Crippen LogP contribution in [0.5, 0.6) is 0 Å². The highest BCUT2D eigenvalue weighted by atomic mass is 16.6. The number of rotatable bonds is 6. The van der Waals surface area contributed by atoms with Crippen LogP contribution < -0.4 is 16.6 Å². The van der Waals surface area contributed by atoms with E-state index < -0.39 is 53.5 Å². The number of esters is 1. The first kappa shape index (κ1) is 22.2. The van der Waals surface area contributed by atoms with E-state index in [4.69, 9.17) is 9.47 Å². The molecular weight excluding hydrogens is 410 g/mol. The SMILES string of the molecule is COC(=O)[C@H](NC(=O)OCc1ccccc1)[C@H]1C[C@@H](n2ccc(=O)[nH]c2=O)[C@H](O)[C@@H]1O. The molecule has 1 heterocycles. The number of methoxy groups -OCH3 is 1. The van der Waals surface area contributed by atoms with E-state index in [-0.39, 0.29) is 13.0 Å². The minimum atomic E-state index is -1.46. The minimum absolute atomic E-state index is 0.0359. The van der Waals surface area contributed by atoms with E-state index in [2.05, 4.69) is 10.3 Å². The van der Waals surface area contributed by atoms with Gasteiger partial charge in [0.2, 0.25) is 0 Å². The topological polar surface area (TPSA) is 160 Å². The summed E-state index contributed by atoms with van der Waals surface area (Å²) in [5, 5.41) is 23.4. The third-order valence-corrected chi connectivity index (χ3v) is 5.27. The van der Waals surface area contributed by atoms with Crippen LogP contribution in [-0.2, 0) is 20.9 Å². The molecule has 0 radical (unpaired) electrons. The zero-order valence-corrected chi connectivity index (χ0v) is 16.6. The normalized spacial score (nSPS) is 23.7. The Bertz CT molecular complexity index is 1030. The lowest BCUT2D eigenvalue weighted by atomic mass is 9.95. The molecule has 11 nitrogen and oxygen atoms in total. The second-order valence-electron chi connectivity index (χ2n) is 7.17. The second kappa shape index (κ2) is 9.58. The van der Waals surface area contributed by atoms with E-state index in [1.165, 1.54) is 6.20 Å². The lowest BCUT2D eigenvalue weighted by Gasteiger charge is -2.25. The molecule has 1 fully saturated rings. The summed E-state index contributed by atoms with van der Waals surface area (Å²) in [5.74, 6) is -1.82. The number of H-pyrrole nitrogens is 1. The van der Waals surface area contributed by atoms with E-state index in [1.54, 1.807) is 24.3 Å². The van der Waals surface area contributed by atoms with Gasteiger partial charge in [0.15, 0.2) is 0 Å². The van der Waals surface area contributed by atoms with Gasteiger partial charge >= 0.3 is 17.8 Å². The highest BCUT2D eigenvalue weighted by Gasteiger charge is 2.49. The largest absolute Gasteiger partial charge is 0.467 e. The van der Waals surface area contributed by atoms with Crippen LogP contribution in [0.15, 0.2) is 52.2 Å². The fraction of sp³-hybridized carbons (Fsp3) is 0.400. The van der Waals surface area contributed by atoms with Crippen molar-refractivity contribution >= 4 is 12.1 Å². The van der Waals surface area contributed by atoms with Gasteiger partial charge in [0.05, 0.1) is 19.3 Å². The summed E-state index contributed by atoms with van der Waals surface area (Å²) in [6.07, 6.45) is -2.65. The van der Waals surface area contributed by atoms with Gasteiger partial charge in [-0.1, -0.05) is 30.3 Å². The molecule has 0 spiro atoms. The van der Waals surface area contributed by atoms with Crippen LogP contribution in [0.4, 0.5) is 4.79 Å². The number of nitrogens with one attached hydrogen (secondary N) is 2. The van der Waals surface area contributed by atoms with Crippen molar-refractivity contribution in [2.75, 3.05) is 7.11 Å². The highest BCUT2D eigenvalue weighted by Crippen LogP contribution is 2.36. The molecule has 11 heteroatoms. The monoisotopic (exact) mass is 433 g/mol. The van der Waals surface area contributed by atoms with E-state index in [0.717, 1.165) is 23.3 Å². The number of aromatic nitrogens is 2. The van der Waals surface area contributed by atoms with Crippen LogP contribution >= 0.6 is 0 Å². The standard InChI is InChI=1S/C20H23N3O8/c1-30-18(27)15(22-20(29)31-10-11-5-3-2-4-6-11)12-9-13(17(26)16(12)25)23-8-7-14(24)21-19(23)28/h2-8,12-13,15-17,25-26H,9-10H2,1H3,(H,22,29)(H,21,24,28)/t12-,13-,15-,16-,17+/m1/s1. The maximum atomic E-state index is 12.3. The van der Waals surface area contributed by atoms with Gasteiger partial charge in [-0.15, -0.1) is 0 Å². The Hall–Kier alpha value is -3.44. The van der Waals surface area contributed by atoms with Crippen molar-refractivity contribution in [2.45, 2.75) is 37.3 Å². The molecule has 1 aliphatic rings. The first-order valence-electron chi connectivity index (χ1n) is 9.54. The fourth-order valence-electron chi connectivity index (χ4n) is 3.70. The van der Waals surface area contributed by atoms with E-state index in [1.807, 2.05) is 6.07 Å². The number of aliphatic hydroxyl groups is 2. The summed E-state index contributed by atoms with van der Waals surface area (Å²) in [7, 11) is 1.12. The molecule has 1 saturated carbocycles. The van der Waals surface area contributed by atoms with E-state index in [0.29, 0.717) is 0 Å². The number of carbonyl (C=O) groups is 2. The molecule has 166 valence electrons. The molecule has 4 N–H and O–H groups in total. The molecule has 1 amide bonds. The average Bonchev–Trinajstić information content (AvgIpc) is 3.05. The van der Waals surface area contributed by atoms with Crippen LogP contribution in [-0.4, -0.2) is 57.2 Å². The third kappa shape index (κ3) is 5.01. The lowest BCUT2D eigenvalue weighted by Crippen LogP contribution is -2.50. The van der Waals surface area contributed by atoms with Gasteiger partial charge in [-0.05, 0) is 12.0 Å². The van der Waals surface area contributed by atoms with Crippen LogP contribution in [0, 0.1) is 5.92 Å². The lowest BCUT2D eigenvalue weighted by molar-refractivity contribution is -0.146. The van der Waals surface area contributed by atoms with Gasteiger partial charge in [-0.2, -0.15) is 0 Å². The van der Waals surface area contributed by atoms with Gasteiger partial charge in [0, 0.05) is 18.2 Å². The number of aromatic amines is 1. The molecular formula is C20H23N3O8. The molecule has 0 saturated heterocycles. The molecule has 2 aromatic rings. The molecule has 0 aliphatic heterocycles. The predicted molar refractivity (Wildman–Crippen MR) is 106 cm³/mol. The number of ether oxygens (including phenoxy) is 2. The van der Waals surface area contributed by atoms with E-state index >= 15 is 0 Å². The summed E-state index contributed by atoms with van der Waals surface area (Å²) in [6.45, 7) is -0.0359. The first-order chi connectivity index (χ1) is 14.8. The van der Waals surface area contributed by atoms with E-state index in [9.17, 15) is 29.4 Å². The van der Waals surface area contributed by atoms with Crippen molar-refractivity contribution < 1.29 is 29.3 Å². The van der Waals surface area contributed by atoms with Crippen molar-refractivity contribution in [1.29, 1.82) is 0 Å². The predicted octanol–water partition coefficient (Wildman–Crippen LogP) is -0.713. The number of carbonyl (C=O) groups excluding carboxylic acids is 2. The summed E-state index contributed by atoms with van der Waals surface area (Å²) < 4.78 is 10.9. The minimum Gasteiger partial charge on any atom is -0.467 e. The van der Waals surface area contributed by atoms with Crippen molar-refractivity contribution in [3.63, 3.8) is 0 Å². The van der Waals surface area contributed by atoms with Crippen LogP contribution in [0.3, 0.4) is 0 Å². The van der Waals surface area contributed by atoms with Gasteiger partial charge in [-0.3, -0.25) is 14.3 Å². The Morgan fingerprint density at radius 3 is 2.55 bits per heavy atom. The third-order valence-electron chi connectivity index (χ3n) is 5.27. The molecule has 31 heavy (non-hydrogen) atoms. The summed E-state index contributed by atoms with van der Waals surface area (Å²) in [5.41, 5.74) is -0.642. The fourth-order valence-corrected chi connectivity index (χ4v) is 3.70. The maximum absolute atomic E-state index is 12.3. The first-order valence-corrected chi connectivity index (χ1v) is 9.54. The zero-order chi connectivity index (χ0) is 22.5. The quantitative estimate of drug-likeness (QED) is 0.435. The Balaban J connectivity index is 1.75. The van der Waals surface area contributed by atoms with Gasteiger partial charge < -0.3 is 25.0 Å². The Labute approximate surface area is 176 Å². The summed E-state index contributed by atoms with van der Waals surface area (Å²) >= 11 is 0. The number of nitrogens with zero attached hydrogens (tertiary/aromatic N) is 1. The molecule has 5 atom stereocenters. The zero-order valence-electron chi connectivity index (χ0n) is 16.6. The number of amides is 1. The number of aliphatic hydroxyl groups excluding tert-OH is 2. The molecule has 0 bridgehead atoms. The maximum Gasteiger partial charge on any atom is 0.408 e. The number of hydrogen-bond donors (Lipinski definition) is 4. The van der Waals surface area contributed by atoms with Crippen molar-refractivity contribution in [2.24, 2.45) is 5.92 Å². The Morgan fingerprint density at radius 2 is 1.90 bits per heavy atom. The van der Waals surface area contributed by atoms with Gasteiger partial charge in [0.1, 0.15) is 18.8 Å². The molecule has 3 rings (SSSR count). The Morgan fingerprint density at radius 1 is 1.19 bits per heavy atom. The number of hydrogen-bond acceptors (Lipinski definition) is 8. The number of alkyl carbamates (subject to hydrolysis) is 1. The summed E-state index contributed by atoms with van der Waals surface area (Å²) in [4.78, 5) is 50.0. The molecule has 1 aromatic carbocycles.